The largest absolute Gasteiger partial charge is 0.368 e. The molecule has 1 aromatic heterocycles. The molecule has 1 saturated heterocycles. The summed E-state index contributed by atoms with van der Waals surface area (Å²) in [7, 11) is 2.11. The van der Waals surface area contributed by atoms with E-state index in [4.69, 9.17) is 0 Å². The summed E-state index contributed by atoms with van der Waals surface area (Å²) in [6.07, 6.45) is 0. The van der Waals surface area contributed by atoms with E-state index < -0.39 is 0 Å². The number of carbonyl (C=O) groups is 1. The van der Waals surface area contributed by atoms with Crippen molar-refractivity contribution in [1.82, 2.24) is 14.7 Å². The zero-order chi connectivity index (χ0) is 20.4. The quantitative estimate of drug-likeness (QED) is 0.739. The molecule has 0 spiro atoms. The van der Waals surface area contributed by atoms with E-state index in [1.165, 1.54) is 12.1 Å². The first-order valence-electron chi connectivity index (χ1n) is 9.68. The lowest BCUT2D eigenvalue weighted by molar-refractivity contribution is 0.102. The van der Waals surface area contributed by atoms with Gasteiger partial charge in [0.15, 0.2) is 0 Å². The minimum atomic E-state index is -0.315. The number of rotatable bonds is 4. The molecule has 1 fully saturated rings. The van der Waals surface area contributed by atoms with Crippen LogP contribution in [0.25, 0.3) is 5.69 Å². The molecule has 29 heavy (non-hydrogen) atoms. The van der Waals surface area contributed by atoms with Crippen molar-refractivity contribution >= 4 is 17.4 Å². The van der Waals surface area contributed by atoms with Gasteiger partial charge in [-0.1, -0.05) is 12.1 Å². The monoisotopic (exact) mass is 393 g/mol. The van der Waals surface area contributed by atoms with Crippen LogP contribution in [-0.4, -0.2) is 53.8 Å². The van der Waals surface area contributed by atoms with Gasteiger partial charge in [0.05, 0.1) is 16.9 Å². The van der Waals surface area contributed by atoms with Crippen molar-refractivity contribution in [3.05, 3.63) is 71.7 Å². The Kier molecular flexibility index (Phi) is 5.31. The maximum Gasteiger partial charge on any atom is 0.258 e. The van der Waals surface area contributed by atoms with E-state index in [2.05, 4.69) is 27.3 Å². The van der Waals surface area contributed by atoms with E-state index in [0.717, 1.165) is 37.6 Å². The summed E-state index contributed by atoms with van der Waals surface area (Å²) in [6, 6.07) is 15.5. The van der Waals surface area contributed by atoms with E-state index in [1.54, 1.807) is 22.9 Å². The number of hydrogen-bond donors (Lipinski definition) is 1. The van der Waals surface area contributed by atoms with Gasteiger partial charge in [-0.15, -0.1) is 0 Å². The number of halogens is 1. The van der Waals surface area contributed by atoms with Crippen LogP contribution in [0.5, 0.6) is 0 Å². The highest BCUT2D eigenvalue weighted by Gasteiger charge is 2.21. The molecule has 2 heterocycles. The number of amides is 1. The Morgan fingerprint density at radius 2 is 1.72 bits per heavy atom. The molecule has 0 atom stereocenters. The maximum absolute atomic E-state index is 13.3. The number of benzene rings is 2. The van der Waals surface area contributed by atoms with E-state index in [0.29, 0.717) is 17.1 Å². The zero-order valence-corrected chi connectivity index (χ0v) is 16.6. The fourth-order valence-corrected chi connectivity index (χ4v) is 3.54. The number of piperazine rings is 1. The molecule has 0 radical (unpaired) electrons. The lowest BCUT2D eigenvalue weighted by Gasteiger charge is -2.35. The zero-order valence-electron chi connectivity index (χ0n) is 16.6. The molecule has 7 heteroatoms. The van der Waals surface area contributed by atoms with Crippen molar-refractivity contribution in [2.75, 3.05) is 43.4 Å². The summed E-state index contributed by atoms with van der Waals surface area (Å²) < 4.78 is 14.9. The van der Waals surface area contributed by atoms with Crippen LogP contribution in [0.2, 0.25) is 0 Å². The molecular formula is C22H24FN5O. The molecule has 3 aromatic rings. The SMILES string of the molecule is Cc1cc(NC(=O)c2ccccc2N2CCN(C)CC2)n(-c2ccc(F)cc2)n1. The van der Waals surface area contributed by atoms with Gasteiger partial charge in [0, 0.05) is 37.9 Å². The Hall–Kier alpha value is -3.19. The normalized spacial score (nSPS) is 14.8. The third-order valence-electron chi connectivity index (χ3n) is 5.14. The molecule has 150 valence electrons. The number of anilines is 2. The van der Waals surface area contributed by atoms with Crippen molar-refractivity contribution in [2.45, 2.75) is 6.92 Å². The number of nitrogens with one attached hydrogen (secondary N) is 1. The predicted octanol–water partition coefficient (Wildman–Crippen LogP) is 3.32. The average molecular weight is 393 g/mol. The highest BCUT2D eigenvalue weighted by molar-refractivity contribution is 6.08. The Morgan fingerprint density at radius 3 is 2.45 bits per heavy atom. The number of aromatic nitrogens is 2. The lowest BCUT2D eigenvalue weighted by Crippen LogP contribution is -2.45. The van der Waals surface area contributed by atoms with Gasteiger partial charge in [0.2, 0.25) is 0 Å². The molecule has 1 N–H and O–H groups in total. The van der Waals surface area contributed by atoms with E-state index >= 15 is 0 Å². The minimum Gasteiger partial charge on any atom is -0.368 e. The molecule has 0 aliphatic carbocycles. The van der Waals surface area contributed by atoms with Crippen LogP contribution in [0.1, 0.15) is 16.1 Å². The molecule has 0 unspecified atom stereocenters. The Bertz CT molecular complexity index is 1010. The van der Waals surface area contributed by atoms with E-state index in [9.17, 15) is 9.18 Å². The molecular weight excluding hydrogens is 369 g/mol. The third kappa shape index (κ3) is 4.14. The smallest absolute Gasteiger partial charge is 0.258 e. The average Bonchev–Trinajstić information content (AvgIpc) is 3.09. The van der Waals surface area contributed by atoms with Crippen molar-refractivity contribution in [3.8, 4) is 5.69 Å². The van der Waals surface area contributed by atoms with Gasteiger partial charge in [0.1, 0.15) is 11.6 Å². The van der Waals surface area contributed by atoms with E-state index in [-0.39, 0.29) is 11.7 Å². The number of likely N-dealkylation sites (N-methyl/N-ethyl adjacent to an activating group) is 1. The van der Waals surface area contributed by atoms with Gasteiger partial charge in [-0.3, -0.25) is 4.79 Å². The van der Waals surface area contributed by atoms with Gasteiger partial charge in [-0.25, -0.2) is 9.07 Å². The second kappa shape index (κ2) is 8.05. The fraction of sp³-hybridized carbons (Fsp3) is 0.273. The predicted molar refractivity (Wildman–Crippen MR) is 112 cm³/mol. The lowest BCUT2D eigenvalue weighted by atomic mass is 10.1. The Balaban J connectivity index is 1.60. The highest BCUT2D eigenvalue weighted by atomic mass is 19.1. The van der Waals surface area contributed by atoms with E-state index in [1.807, 2.05) is 31.2 Å². The first-order valence-corrected chi connectivity index (χ1v) is 9.68. The highest BCUT2D eigenvalue weighted by Crippen LogP contribution is 2.24. The molecule has 6 nitrogen and oxygen atoms in total. The summed E-state index contributed by atoms with van der Waals surface area (Å²) in [4.78, 5) is 17.7. The second-order valence-corrected chi connectivity index (χ2v) is 7.32. The van der Waals surface area contributed by atoms with Crippen LogP contribution >= 0.6 is 0 Å². The summed E-state index contributed by atoms with van der Waals surface area (Å²) >= 11 is 0. The molecule has 1 aliphatic heterocycles. The molecule has 0 bridgehead atoms. The Labute approximate surface area is 169 Å². The minimum absolute atomic E-state index is 0.192. The third-order valence-corrected chi connectivity index (χ3v) is 5.14. The van der Waals surface area contributed by atoms with Crippen LogP contribution in [-0.2, 0) is 0 Å². The first-order chi connectivity index (χ1) is 14.0. The number of hydrogen-bond acceptors (Lipinski definition) is 4. The van der Waals surface area contributed by atoms with Crippen LogP contribution in [0.4, 0.5) is 15.9 Å². The maximum atomic E-state index is 13.3. The topological polar surface area (TPSA) is 53.4 Å². The number of aryl methyl sites for hydroxylation is 1. The summed E-state index contributed by atoms with van der Waals surface area (Å²) in [5, 5.41) is 7.42. The van der Waals surface area contributed by atoms with Crippen molar-refractivity contribution in [3.63, 3.8) is 0 Å². The van der Waals surface area contributed by atoms with Gasteiger partial charge >= 0.3 is 0 Å². The second-order valence-electron chi connectivity index (χ2n) is 7.32. The summed E-state index contributed by atoms with van der Waals surface area (Å²) in [6.45, 7) is 5.55. The van der Waals surface area contributed by atoms with Crippen LogP contribution in [0.3, 0.4) is 0 Å². The molecule has 0 saturated carbocycles. The molecule has 2 aromatic carbocycles. The molecule has 1 aliphatic rings. The number of carbonyl (C=O) groups excluding carboxylic acids is 1. The summed E-state index contributed by atoms with van der Waals surface area (Å²) in [5.74, 6) is 0.0411. The van der Waals surface area contributed by atoms with Gasteiger partial charge < -0.3 is 15.1 Å². The van der Waals surface area contributed by atoms with Gasteiger partial charge in [0.25, 0.3) is 5.91 Å². The van der Waals surface area contributed by atoms with Crippen molar-refractivity contribution in [2.24, 2.45) is 0 Å². The van der Waals surface area contributed by atoms with Crippen molar-refractivity contribution < 1.29 is 9.18 Å². The van der Waals surface area contributed by atoms with Crippen LogP contribution < -0.4 is 10.2 Å². The molecule has 4 rings (SSSR count). The van der Waals surface area contributed by atoms with Crippen molar-refractivity contribution in [1.29, 1.82) is 0 Å². The van der Waals surface area contributed by atoms with Crippen LogP contribution in [0, 0.1) is 12.7 Å². The Morgan fingerprint density at radius 1 is 1.03 bits per heavy atom. The first kappa shape index (κ1) is 19.1. The number of para-hydroxylation sites is 1. The molecule has 1 amide bonds. The standard InChI is InChI=1S/C22H24FN5O/c1-16-15-21(28(25-16)18-9-7-17(23)8-10-18)24-22(29)19-5-3-4-6-20(19)27-13-11-26(2)12-14-27/h3-10,15H,11-14H2,1-2H3,(H,24,29). The van der Waals surface area contributed by atoms with Gasteiger partial charge in [-0.05, 0) is 50.4 Å². The number of nitrogens with zero attached hydrogens (tertiary/aromatic N) is 4. The fourth-order valence-electron chi connectivity index (χ4n) is 3.54. The van der Waals surface area contributed by atoms with Gasteiger partial charge in [-0.2, -0.15) is 5.10 Å². The van der Waals surface area contributed by atoms with Crippen LogP contribution in [0.15, 0.2) is 54.6 Å². The summed E-state index contributed by atoms with van der Waals surface area (Å²) in [5.41, 5.74) is 3.00.